The lowest BCUT2D eigenvalue weighted by molar-refractivity contribution is 0.103. The summed E-state index contributed by atoms with van der Waals surface area (Å²) in [5.41, 5.74) is 2.89. The third kappa shape index (κ3) is 2.01. The first-order chi connectivity index (χ1) is 9.15. The third-order valence-corrected chi connectivity index (χ3v) is 3.09. The topological polar surface area (TPSA) is 47.8 Å². The zero-order valence-electron chi connectivity index (χ0n) is 10.8. The molecule has 0 saturated carbocycles. The van der Waals surface area contributed by atoms with Crippen LogP contribution in [0.5, 0.6) is 0 Å². The molecule has 2 heterocycles. The number of rotatable bonds is 2. The number of para-hydroxylation sites is 1. The van der Waals surface area contributed by atoms with E-state index in [0.29, 0.717) is 11.3 Å². The van der Waals surface area contributed by atoms with Crippen LogP contribution in [0.15, 0.2) is 42.6 Å². The maximum atomic E-state index is 12.4. The van der Waals surface area contributed by atoms with Crippen LogP contribution in [0.2, 0.25) is 0 Å². The molecule has 1 aromatic carbocycles. The number of benzene rings is 1. The molecule has 0 fully saturated rings. The van der Waals surface area contributed by atoms with Gasteiger partial charge in [0.05, 0.1) is 11.2 Å². The number of nitrogens with zero attached hydrogens (tertiary/aromatic N) is 3. The van der Waals surface area contributed by atoms with Crippen molar-refractivity contribution in [3.63, 3.8) is 0 Å². The highest BCUT2D eigenvalue weighted by molar-refractivity contribution is 6.09. The molecule has 0 aliphatic heterocycles. The van der Waals surface area contributed by atoms with Gasteiger partial charge in [0, 0.05) is 24.2 Å². The van der Waals surface area contributed by atoms with Crippen molar-refractivity contribution in [3.05, 3.63) is 59.5 Å². The Morgan fingerprint density at radius 2 is 2.00 bits per heavy atom. The van der Waals surface area contributed by atoms with Gasteiger partial charge < -0.3 is 0 Å². The molecule has 2 aromatic heterocycles. The normalized spacial score (nSPS) is 10.8. The average molecular weight is 251 g/mol. The fourth-order valence-electron chi connectivity index (χ4n) is 2.17. The molecule has 0 aliphatic rings. The smallest absolute Gasteiger partial charge is 0.212 e. The number of fused-ring (bicyclic) bond motifs is 1. The molecular weight excluding hydrogens is 238 g/mol. The van der Waals surface area contributed by atoms with E-state index in [9.17, 15) is 4.79 Å². The van der Waals surface area contributed by atoms with Crippen LogP contribution in [0.3, 0.4) is 0 Å². The minimum Gasteiger partial charge on any atom is -0.287 e. The maximum absolute atomic E-state index is 12.4. The summed E-state index contributed by atoms with van der Waals surface area (Å²) in [6.45, 7) is 1.87. The molecule has 0 N–H and O–H groups in total. The molecule has 3 rings (SSSR count). The second-order valence-electron chi connectivity index (χ2n) is 4.54. The Kier molecular flexibility index (Phi) is 2.63. The number of ketones is 1. The van der Waals surface area contributed by atoms with Gasteiger partial charge in [0.25, 0.3) is 0 Å². The third-order valence-electron chi connectivity index (χ3n) is 3.09. The van der Waals surface area contributed by atoms with Gasteiger partial charge in [-0.1, -0.05) is 18.2 Å². The van der Waals surface area contributed by atoms with Crippen molar-refractivity contribution in [3.8, 4) is 0 Å². The van der Waals surface area contributed by atoms with Crippen molar-refractivity contribution in [2.45, 2.75) is 6.92 Å². The number of carbonyl (C=O) groups excluding carboxylic acids is 1. The second-order valence-corrected chi connectivity index (χ2v) is 4.54. The van der Waals surface area contributed by atoms with Gasteiger partial charge >= 0.3 is 0 Å². The summed E-state index contributed by atoms with van der Waals surface area (Å²) in [5, 5.41) is 5.16. The molecule has 3 aromatic rings. The van der Waals surface area contributed by atoms with E-state index in [1.54, 1.807) is 24.0 Å². The van der Waals surface area contributed by atoms with Crippen LogP contribution in [0.1, 0.15) is 21.7 Å². The number of aromatic nitrogens is 3. The molecule has 0 spiro atoms. The van der Waals surface area contributed by atoms with E-state index in [1.165, 1.54) is 0 Å². The van der Waals surface area contributed by atoms with Crippen LogP contribution in [0.25, 0.3) is 10.9 Å². The van der Waals surface area contributed by atoms with Crippen molar-refractivity contribution < 1.29 is 4.79 Å². The summed E-state index contributed by atoms with van der Waals surface area (Å²) >= 11 is 0. The summed E-state index contributed by atoms with van der Waals surface area (Å²) in [7, 11) is 1.77. The lowest BCUT2D eigenvalue weighted by Gasteiger charge is -2.03. The fraction of sp³-hybridized carbons (Fsp3) is 0.133. The number of hydrogen-bond acceptors (Lipinski definition) is 3. The minimum absolute atomic E-state index is 0.0543. The lowest BCUT2D eigenvalue weighted by Crippen LogP contribution is -2.08. The predicted molar refractivity (Wildman–Crippen MR) is 73.1 cm³/mol. The Labute approximate surface area is 110 Å². The predicted octanol–water partition coefficient (Wildman–Crippen LogP) is 2.51. The first-order valence-corrected chi connectivity index (χ1v) is 6.05. The van der Waals surface area contributed by atoms with Gasteiger partial charge in [-0.25, -0.2) is 0 Å². The van der Waals surface area contributed by atoms with Gasteiger partial charge in [0.2, 0.25) is 5.78 Å². The van der Waals surface area contributed by atoms with E-state index < -0.39 is 0 Å². The van der Waals surface area contributed by atoms with Crippen LogP contribution in [-0.4, -0.2) is 20.5 Å². The summed E-state index contributed by atoms with van der Waals surface area (Å²) < 4.78 is 1.60. The monoisotopic (exact) mass is 251 g/mol. The maximum Gasteiger partial charge on any atom is 0.212 e. The number of hydrogen-bond donors (Lipinski definition) is 0. The lowest BCUT2D eigenvalue weighted by atomic mass is 10.1. The van der Waals surface area contributed by atoms with Crippen LogP contribution < -0.4 is 0 Å². The van der Waals surface area contributed by atoms with E-state index >= 15 is 0 Å². The Balaban J connectivity index is 2.09. The van der Waals surface area contributed by atoms with Gasteiger partial charge in [0.15, 0.2) is 0 Å². The summed E-state index contributed by atoms with van der Waals surface area (Å²) in [5.74, 6) is -0.0543. The van der Waals surface area contributed by atoms with Crippen LogP contribution >= 0.6 is 0 Å². The standard InChI is InChI=1S/C15H13N3O/c1-10-7-14(18(2)17-10)15(19)12-8-11-5-3-4-6-13(11)16-9-12/h3-9H,1-2H3. The first-order valence-electron chi connectivity index (χ1n) is 6.05. The van der Waals surface area contributed by atoms with Crippen LogP contribution in [-0.2, 0) is 7.05 Å². The van der Waals surface area contributed by atoms with E-state index in [2.05, 4.69) is 10.1 Å². The number of aryl methyl sites for hydroxylation is 2. The van der Waals surface area contributed by atoms with Gasteiger partial charge in [-0.2, -0.15) is 5.10 Å². The molecule has 0 amide bonds. The highest BCUT2D eigenvalue weighted by Gasteiger charge is 2.14. The van der Waals surface area contributed by atoms with Gasteiger partial charge in [-0.05, 0) is 25.1 Å². The minimum atomic E-state index is -0.0543. The molecule has 0 atom stereocenters. The van der Waals surface area contributed by atoms with Crippen molar-refractivity contribution in [2.24, 2.45) is 7.05 Å². The van der Waals surface area contributed by atoms with Gasteiger partial charge in [-0.3, -0.25) is 14.5 Å². The van der Waals surface area contributed by atoms with Gasteiger partial charge in [-0.15, -0.1) is 0 Å². The van der Waals surface area contributed by atoms with Crippen molar-refractivity contribution >= 4 is 16.7 Å². The quantitative estimate of drug-likeness (QED) is 0.657. The van der Waals surface area contributed by atoms with Crippen LogP contribution in [0, 0.1) is 6.92 Å². The molecular formula is C15H13N3O. The van der Waals surface area contributed by atoms with Crippen molar-refractivity contribution in [1.82, 2.24) is 14.8 Å². The molecule has 94 valence electrons. The molecule has 0 radical (unpaired) electrons. The van der Waals surface area contributed by atoms with E-state index in [-0.39, 0.29) is 5.78 Å². The van der Waals surface area contributed by atoms with Crippen molar-refractivity contribution in [2.75, 3.05) is 0 Å². The Morgan fingerprint density at radius 1 is 1.21 bits per heavy atom. The van der Waals surface area contributed by atoms with Crippen molar-refractivity contribution in [1.29, 1.82) is 0 Å². The molecule has 0 aliphatic carbocycles. The van der Waals surface area contributed by atoms with E-state index in [4.69, 9.17) is 0 Å². The van der Waals surface area contributed by atoms with E-state index in [1.807, 2.05) is 37.3 Å². The van der Waals surface area contributed by atoms with Gasteiger partial charge in [0.1, 0.15) is 5.69 Å². The number of carbonyl (C=O) groups is 1. The zero-order chi connectivity index (χ0) is 13.4. The first kappa shape index (κ1) is 11.6. The highest BCUT2D eigenvalue weighted by Crippen LogP contribution is 2.16. The Morgan fingerprint density at radius 3 is 2.74 bits per heavy atom. The SMILES string of the molecule is Cc1cc(C(=O)c2cnc3ccccc3c2)n(C)n1. The Hall–Kier alpha value is -2.49. The zero-order valence-corrected chi connectivity index (χ0v) is 10.8. The molecule has 0 bridgehead atoms. The summed E-state index contributed by atoms with van der Waals surface area (Å²) in [6.07, 6.45) is 1.62. The fourth-order valence-corrected chi connectivity index (χ4v) is 2.17. The molecule has 0 unspecified atom stereocenters. The molecule has 4 nitrogen and oxygen atoms in total. The summed E-state index contributed by atoms with van der Waals surface area (Å²) in [6, 6.07) is 11.4. The highest BCUT2D eigenvalue weighted by atomic mass is 16.1. The Bertz CT molecular complexity index is 774. The molecule has 4 heteroatoms. The second kappa shape index (κ2) is 4.31. The largest absolute Gasteiger partial charge is 0.287 e. The average Bonchev–Trinajstić information content (AvgIpc) is 2.76. The molecule has 19 heavy (non-hydrogen) atoms. The van der Waals surface area contributed by atoms with E-state index in [0.717, 1.165) is 16.6 Å². The number of pyridine rings is 1. The summed E-state index contributed by atoms with van der Waals surface area (Å²) in [4.78, 5) is 16.7. The molecule has 0 saturated heterocycles. The van der Waals surface area contributed by atoms with Crippen LogP contribution in [0.4, 0.5) is 0 Å².